The molecule has 5 heteroatoms. The molecule has 0 saturated heterocycles. The average Bonchev–Trinajstić information content (AvgIpc) is 2.42. The smallest absolute Gasteiger partial charge is 0.408 e. The maximum Gasteiger partial charge on any atom is 0.408 e. The Balaban J connectivity index is 2.84. The molecule has 134 valence electrons. The van der Waals surface area contributed by atoms with E-state index in [0.29, 0.717) is 6.54 Å². The van der Waals surface area contributed by atoms with Crippen LogP contribution in [0.5, 0.6) is 0 Å². The molecule has 0 aliphatic rings. The number of hydrogen-bond donors (Lipinski definition) is 1. The summed E-state index contributed by atoms with van der Waals surface area (Å²) < 4.78 is 5.29. The van der Waals surface area contributed by atoms with Crippen LogP contribution in [0.1, 0.15) is 47.1 Å². The van der Waals surface area contributed by atoms with Gasteiger partial charge in [0.25, 0.3) is 0 Å². The van der Waals surface area contributed by atoms with Crippen molar-refractivity contribution in [1.82, 2.24) is 10.2 Å². The van der Waals surface area contributed by atoms with Crippen LogP contribution in [0.15, 0.2) is 30.3 Å². The number of benzene rings is 1. The van der Waals surface area contributed by atoms with Crippen molar-refractivity contribution in [3.8, 4) is 0 Å². The van der Waals surface area contributed by atoms with Gasteiger partial charge < -0.3 is 15.0 Å². The standard InChI is InChI=1S/C19H30N2O3/c1-18(2,3)15(20-17(23)24-19(4,5)6)16(22)21(7)13-14-11-9-8-10-12-14/h8-12,15H,13H2,1-7H3,(H,20,23). The predicted octanol–water partition coefficient (Wildman–Crippen LogP) is 3.58. The SMILES string of the molecule is CN(Cc1ccccc1)C(=O)C(NC(=O)OC(C)(C)C)C(C)(C)C. The van der Waals surface area contributed by atoms with Crippen molar-refractivity contribution in [2.45, 2.75) is 59.7 Å². The van der Waals surface area contributed by atoms with Crippen molar-refractivity contribution in [1.29, 1.82) is 0 Å². The maximum atomic E-state index is 12.9. The minimum atomic E-state index is -0.666. The Kier molecular flexibility index (Phi) is 6.41. The summed E-state index contributed by atoms with van der Waals surface area (Å²) in [5.74, 6) is -0.141. The molecule has 0 aliphatic heterocycles. The van der Waals surface area contributed by atoms with E-state index >= 15 is 0 Å². The largest absolute Gasteiger partial charge is 0.444 e. The molecular weight excluding hydrogens is 304 g/mol. The van der Waals surface area contributed by atoms with E-state index in [4.69, 9.17) is 4.74 Å². The second kappa shape index (κ2) is 7.69. The Hall–Kier alpha value is -2.04. The summed E-state index contributed by atoms with van der Waals surface area (Å²) in [6, 6.07) is 9.09. The van der Waals surface area contributed by atoms with Crippen molar-refractivity contribution in [2.75, 3.05) is 7.05 Å². The van der Waals surface area contributed by atoms with Gasteiger partial charge in [0.05, 0.1) is 0 Å². The number of ether oxygens (including phenoxy) is 1. The first-order valence-corrected chi connectivity index (χ1v) is 8.18. The van der Waals surface area contributed by atoms with Gasteiger partial charge in [-0.25, -0.2) is 4.79 Å². The molecule has 0 heterocycles. The molecular formula is C19H30N2O3. The zero-order valence-corrected chi connectivity index (χ0v) is 15.8. The van der Waals surface area contributed by atoms with E-state index in [9.17, 15) is 9.59 Å². The fourth-order valence-electron chi connectivity index (χ4n) is 2.23. The first kappa shape index (κ1) is 20.0. The lowest BCUT2D eigenvalue weighted by Crippen LogP contribution is -2.54. The van der Waals surface area contributed by atoms with E-state index in [2.05, 4.69) is 5.32 Å². The Bertz CT molecular complexity index is 556. The lowest BCUT2D eigenvalue weighted by Gasteiger charge is -2.34. The number of alkyl carbamates (subject to hydrolysis) is 1. The van der Waals surface area contributed by atoms with Gasteiger partial charge in [0.2, 0.25) is 5.91 Å². The monoisotopic (exact) mass is 334 g/mol. The number of likely N-dealkylation sites (N-methyl/N-ethyl adjacent to an activating group) is 1. The second-order valence-electron chi connectivity index (χ2n) is 8.13. The number of carbonyl (C=O) groups excluding carboxylic acids is 2. The van der Waals surface area contributed by atoms with Crippen LogP contribution in [-0.4, -0.2) is 35.6 Å². The molecule has 0 radical (unpaired) electrons. The van der Waals surface area contributed by atoms with Crippen LogP contribution in [0.2, 0.25) is 0 Å². The molecule has 1 aromatic rings. The molecule has 0 saturated carbocycles. The highest BCUT2D eigenvalue weighted by molar-refractivity contribution is 5.86. The molecule has 5 nitrogen and oxygen atoms in total. The summed E-state index contributed by atoms with van der Waals surface area (Å²) in [5.41, 5.74) is 0.00281. The van der Waals surface area contributed by atoms with Crippen molar-refractivity contribution in [3.05, 3.63) is 35.9 Å². The lowest BCUT2D eigenvalue weighted by molar-refractivity contribution is -0.135. The number of hydrogen-bond acceptors (Lipinski definition) is 3. The Morgan fingerprint density at radius 1 is 1.08 bits per heavy atom. The third-order valence-corrected chi connectivity index (χ3v) is 3.41. The van der Waals surface area contributed by atoms with E-state index in [1.807, 2.05) is 51.1 Å². The van der Waals surface area contributed by atoms with Crippen molar-refractivity contribution >= 4 is 12.0 Å². The molecule has 1 rings (SSSR count). The fourth-order valence-corrected chi connectivity index (χ4v) is 2.23. The third kappa shape index (κ3) is 6.60. The highest BCUT2D eigenvalue weighted by Crippen LogP contribution is 2.22. The van der Waals surface area contributed by atoms with Crippen LogP contribution in [0.25, 0.3) is 0 Å². The van der Waals surface area contributed by atoms with Crippen LogP contribution >= 0.6 is 0 Å². The molecule has 1 aromatic carbocycles. The van der Waals surface area contributed by atoms with E-state index in [1.54, 1.807) is 32.7 Å². The summed E-state index contributed by atoms with van der Waals surface area (Å²) in [4.78, 5) is 26.6. The quantitative estimate of drug-likeness (QED) is 0.915. The number of nitrogens with zero attached hydrogens (tertiary/aromatic N) is 1. The molecule has 0 spiro atoms. The zero-order valence-electron chi connectivity index (χ0n) is 15.8. The highest BCUT2D eigenvalue weighted by atomic mass is 16.6. The van der Waals surface area contributed by atoms with E-state index in [1.165, 1.54) is 0 Å². The minimum Gasteiger partial charge on any atom is -0.444 e. The molecule has 0 aliphatic carbocycles. The number of carbonyl (C=O) groups is 2. The normalized spacial score (nSPS) is 13.1. The Morgan fingerprint density at radius 2 is 1.62 bits per heavy atom. The first-order chi connectivity index (χ1) is 10.9. The van der Waals surface area contributed by atoms with Crippen molar-refractivity contribution in [2.24, 2.45) is 5.41 Å². The fraction of sp³-hybridized carbons (Fsp3) is 0.579. The summed E-state index contributed by atoms with van der Waals surface area (Å²) in [7, 11) is 1.74. The average molecular weight is 334 g/mol. The topological polar surface area (TPSA) is 58.6 Å². The van der Waals surface area contributed by atoms with Crippen molar-refractivity contribution in [3.63, 3.8) is 0 Å². The zero-order chi connectivity index (χ0) is 18.5. The maximum absolute atomic E-state index is 12.9. The van der Waals surface area contributed by atoms with Crippen LogP contribution in [-0.2, 0) is 16.1 Å². The second-order valence-corrected chi connectivity index (χ2v) is 8.13. The van der Waals surface area contributed by atoms with Gasteiger partial charge in [0.15, 0.2) is 0 Å². The predicted molar refractivity (Wildman–Crippen MR) is 95.5 cm³/mol. The molecule has 1 unspecified atom stereocenters. The molecule has 0 fully saturated rings. The molecule has 1 N–H and O–H groups in total. The van der Waals surface area contributed by atoms with Crippen molar-refractivity contribution < 1.29 is 14.3 Å². The van der Waals surface area contributed by atoms with Crippen LogP contribution in [0.4, 0.5) is 4.79 Å². The molecule has 2 amide bonds. The highest BCUT2D eigenvalue weighted by Gasteiger charge is 2.35. The minimum absolute atomic E-state index is 0.141. The summed E-state index contributed by atoms with van der Waals surface area (Å²) in [6.07, 6.45) is -0.580. The van der Waals surface area contributed by atoms with Gasteiger partial charge in [0.1, 0.15) is 11.6 Å². The Labute approximate surface area is 145 Å². The van der Waals surface area contributed by atoms with E-state index in [-0.39, 0.29) is 5.91 Å². The molecule has 1 atom stereocenters. The van der Waals surface area contributed by atoms with Gasteiger partial charge in [-0.2, -0.15) is 0 Å². The number of amides is 2. The lowest BCUT2D eigenvalue weighted by atomic mass is 9.86. The first-order valence-electron chi connectivity index (χ1n) is 8.18. The Morgan fingerprint density at radius 3 is 2.08 bits per heavy atom. The van der Waals surface area contributed by atoms with Gasteiger partial charge in [0, 0.05) is 13.6 Å². The van der Waals surface area contributed by atoms with E-state index in [0.717, 1.165) is 5.56 Å². The number of nitrogens with one attached hydrogen (secondary N) is 1. The summed E-state index contributed by atoms with van der Waals surface area (Å²) >= 11 is 0. The molecule has 24 heavy (non-hydrogen) atoms. The van der Waals surface area contributed by atoms with E-state index < -0.39 is 23.2 Å². The third-order valence-electron chi connectivity index (χ3n) is 3.41. The molecule has 0 aromatic heterocycles. The molecule has 0 bridgehead atoms. The van der Waals surface area contributed by atoms with Crippen LogP contribution in [0.3, 0.4) is 0 Å². The summed E-state index contributed by atoms with van der Waals surface area (Å²) in [5, 5.41) is 2.73. The number of rotatable bonds is 4. The van der Waals surface area contributed by atoms with Gasteiger partial charge in [-0.15, -0.1) is 0 Å². The van der Waals surface area contributed by atoms with Gasteiger partial charge in [-0.1, -0.05) is 51.1 Å². The van der Waals surface area contributed by atoms with Crippen LogP contribution < -0.4 is 5.32 Å². The van der Waals surface area contributed by atoms with Gasteiger partial charge in [-0.3, -0.25) is 4.79 Å². The summed E-state index contributed by atoms with van der Waals surface area (Å²) in [6.45, 7) is 11.6. The van der Waals surface area contributed by atoms with Gasteiger partial charge >= 0.3 is 6.09 Å². The van der Waals surface area contributed by atoms with Gasteiger partial charge in [-0.05, 0) is 31.7 Å². The van der Waals surface area contributed by atoms with Crippen LogP contribution in [0, 0.1) is 5.41 Å².